The summed E-state index contributed by atoms with van der Waals surface area (Å²) in [6.45, 7) is 7.60. The minimum absolute atomic E-state index is 0. The van der Waals surface area contributed by atoms with Crippen molar-refractivity contribution >= 4 is 24.2 Å². The lowest BCUT2D eigenvalue weighted by Crippen LogP contribution is -2.45. The van der Waals surface area contributed by atoms with Crippen molar-refractivity contribution in [2.24, 2.45) is 0 Å². The van der Waals surface area contributed by atoms with Crippen molar-refractivity contribution in [3.63, 3.8) is 0 Å². The zero-order valence-electron chi connectivity index (χ0n) is 13.3. The van der Waals surface area contributed by atoms with Crippen molar-refractivity contribution in [2.75, 3.05) is 26.2 Å². The summed E-state index contributed by atoms with van der Waals surface area (Å²) in [7, 11) is 0. The summed E-state index contributed by atoms with van der Waals surface area (Å²) < 4.78 is 0. The van der Waals surface area contributed by atoms with Gasteiger partial charge in [0.25, 0.3) is 0 Å². The standard InChI is InChI=1S/C15H29N3O2.ClH/c1-3-10-18(11-4-2)15(20)8-7-14(19)17-13-6-5-9-16-12-13;/h13,16H,3-12H2,1-2H3,(H,17,19);1H/t13-;/m0./s1. The molecular weight excluding hydrogens is 290 g/mol. The van der Waals surface area contributed by atoms with Crippen LogP contribution in [0.3, 0.4) is 0 Å². The number of halogens is 1. The normalized spacial score (nSPS) is 17.7. The topological polar surface area (TPSA) is 61.4 Å². The first-order chi connectivity index (χ1) is 9.67. The number of piperidine rings is 1. The highest BCUT2D eigenvalue weighted by molar-refractivity contribution is 5.85. The molecule has 2 amide bonds. The molecule has 0 aromatic heterocycles. The predicted molar refractivity (Wildman–Crippen MR) is 87.7 cm³/mol. The Kier molecular flexibility index (Phi) is 11.4. The van der Waals surface area contributed by atoms with Gasteiger partial charge in [0.1, 0.15) is 0 Å². The molecule has 0 bridgehead atoms. The van der Waals surface area contributed by atoms with Gasteiger partial charge >= 0.3 is 0 Å². The van der Waals surface area contributed by atoms with E-state index >= 15 is 0 Å². The molecule has 1 atom stereocenters. The Hall–Kier alpha value is -0.810. The molecule has 1 aliphatic heterocycles. The molecular formula is C15H30ClN3O2. The van der Waals surface area contributed by atoms with Gasteiger partial charge in [-0.15, -0.1) is 12.4 Å². The first-order valence-corrected chi connectivity index (χ1v) is 7.95. The third-order valence-corrected chi connectivity index (χ3v) is 3.57. The second kappa shape index (κ2) is 11.8. The van der Waals surface area contributed by atoms with Gasteiger partial charge in [-0.25, -0.2) is 0 Å². The largest absolute Gasteiger partial charge is 0.352 e. The molecule has 0 saturated carbocycles. The number of nitrogens with one attached hydrogen (secondary N) is 2. The first kappa shape index (κ1) is 20.2. The van der Waals surface area contributed by atoms with E-state index in [-0.39, 0.29) is 30.3 Å². The van der Waals surface area contributed by atoms with Gasteiger partial charge < -0.3 is 15.5 Å². The monoisotopic (exact) mass is 319 g/mol. The molecule has 0 unspecified atom stereocenters. The maximum absolute atomic E-state index is 12.1. The Balaban J connectivity index is 0.00000400. The van der Waals surface area contributed by atoms with Gasteiger partial charge in [0.2, 0.25) is 11.8 Å². The second-order valence-electron chi connectivity index (χ2n) is 5.49. The highest BCUT2D eigenvalue weighted by Crippen LogP contribution is 2.04. The Morgan fingerprint density at radius 2 is 1.86 bits per heavy atom. The fourth-order valence-electron chi connectivity index (χ4n) is 2.55. The Morgan fingerprint density at radius 1 is 1.19 bits per heavy atom. The second-order valence-corrected chi connectivity index (χ2v) is 5.49. The molecule has 0 spiro atoms. The van der Waals surface area contributed by atoms with Gasteiger partial charge in [-0.2, -0.15) is 0 Å². The van der Waals surface area contributed by atoms with Crippen LogP contribution < -0.4 is 10.6 Å². The van der Waals surface area contributed by atoms with Crippen molar-refractivity contribution < 1.29 is 9.59 Å². The van der Waals surface area contributed by atoms with E-state index in [1.54, 1.807) is 0 Å². The summed E-state index contributed by atoms with van der Waals surface area (Å²) in [5.41, 5.74) is 0. The minimum atomic E-state index is -0.00000283. The van der Waals surface area contributed by atoms with E-state index in [1.807, 2.05) is 4.90 Å². The molecule has 1 aliphatic rings. The highest BCUT2D eigenvalue weighted by Gasteiger charge is 2.17. The number of hydrogen-bond donors (Lipinski definition) is 2. The lowest BCUT2D eigenvalue weighted by Gasteiger charge is -2.24. The molecule has 1 fully saturated rings. The number of hydrogen-bond acceptors (Lipinski definition) is 3. The first-order valence-electron chi connectivity index (χ1n) is 7.95. The molecule has 0 radical (unpaired) electrons. The summed E-state index contributed by atoms with van der Waals surface area (Å²) in [4.78, 5) is 25.8. The van der Waals surface area contributed by atoms with E-state index in [9.17, 15) is 9.59 Å². The molecule has 1 rings (SSSR count). The number of nitrogens with zero attached hydrogens (tertiary/aromatic N) is 1. The molecule has 124 valence electrons. The minimum Gasteiger partial charge on any atom is -0.352 e. The SMILES string of the molecule is CCCN(CCC)C(=O)CCC(=O)N[C@H]1CCCNC1.Cl. The Bertz CT molecular complexity index is 301. The van der Waals surface area contributed by atoms with E-state index in [1.165, 1.54) is 0 Å². The van der Waals surface area contributed by atoms with Crippen LogP contribution in [0.2, 0.25) is 0 Å². The fourth-order valence-corrected chi connectivity index (χ4v) is 2.55. The summed E-state index contributed by atoms with van der Waals surface area (Å²) in [5.74, 6) is 0.102. The summed E-state index contributed by atoms with van der Waals surface area (Å²) in [6, 6.07) is 0.230. The number of carbonyl (C=O) groups excluding carboxylic acids is 2. The van der Waals surface area contributed by atoms with E-state index in [2.05, 4.69) is 24.5 Å². The van der Waals surface area contributed by atoms with E-state index in [4.69, 9.17) is 0 Å². The van der Waals surface area contributed by atoms with Crippen LogP contribution in [-0.4, -0.2) is 48.9 Å². The molecule has 1 heterocycles. The Morgan fingerprint density at radius 3 is 2.38 bits per heavy atom. The van der Waals surface area contributed by atoms with Crippen LogP contribution in [0.1, 0.15) is 52.4 Å². The number of carbonyl (C=O) groups is 2. The molecule has 0 aromatic rings. The number of rotatable bonds is 8. The van der Waals surface area contributed by atoms with Crippen LogP contribution >= 0.6 is 12.4 Å². The third kappa shape index (κ3) is 8.27. The zero-order chi connectivity index (χ0) is 14.8. The van der Waals surface area contributed by atoms with Gasteiger partial charge in [-0.1, -0.05) is 13.8 Å². The van der Waals surface area contributed by atoms with Crippen LogP contribution in [-0.2, 0) is 9.59 Å². The third-order valence-electron chi connectivity index (χ3n) is 3.57. The van der Waals surface area contributed by atoms with Crippen LogP contribution in [0.25, 0.3) is 0 Å². The summed E-state index contributed by atoms with van der Waals surface area (Å²) in [6.07, 6.45) is 4.69. The maximum atomic E-state index is 12.1. The lowest BCUT2D eigenvalue weighted by atomic mass is 10.1. The van der Waals surface area contributed by atoms with Gasteiger partial charge in [0, 0.05) is 38.5 Å². The van der Waals surface area contributed by atoms with Crippen LogP contribution in [0.4, 0.5) is 0 Å². The fraction of sp³-hybridized carbons (Fsp3) is 0.867. The molecule has 0 aromatic carbocycles. The predicted octanol–water partition coefficient (Wildman–Crippen LogP) is 1.71. The van der Waals surface area contributed by atoms with E-state index in [0.717, 1.165) is 51.9 Å². The smallest absolute Gasteiger partial charge is 0.223 e. The Labute approximate surface area is 134 Å². The quantitative estimate of drug-likeness (QED) is 0.716. The average molecular weight is 320 g/mol. The van der Waals surface area contributed by atoms with Crippen LogP contribution in [0.5, 0.6) is 0 Å². The molecule has 1 saturated heterocycles. The van der Waals surface area contributed by atoms with Gasteiger partial charge in [-0.3, -0.25) is 9.59 Å². The molecule has 0 aliphatic carbocycles. The van der Waals surface area contributed by atoms with E-state index < -0.39 is 0 Å². The van der Waals surface area contributed by atoms with Crippen LogP contribution in [0, 0.1) is 0 Å². The van der Waals surface area contributed by atoms with Gasteiger partial charge in [0.15, 0.2) is 0 Å². The zero-order valence-corrected chi connectivity index (χ0v) is 14.1. The van der Waals surface area contributed by atoms with Gasteiger partial charge in [0.05, 0.1) is 0 Å². The van der Waals surface area contributed by atoms with Crippen molar-refractivity contribution in [2.45, 2.75) is 58.4 Å². The molecule has 2 N–H and O–H groups in total. The summed E-state index contributed by atoms with van der Waals surface area (Å²) >= 11 is 0. The van der Waals surface area contributed by atoms with Crippen LogP contribution in [0.15, 0.2) is 0 Å². The molecule has 21 heavy (non-hydrogen) atoms. The average Bonchev–Trinajstić information content (AvgIpc) is 2.45. The van der Waals surface area contributed by atoms with Crippen molar-refractivity contribution in [1.29, 1.82) is 0 Å². The lowest BCUT2D eigenvalue weighted by molar-refractivity contribution is -0.133. The highest BCUT2D eigenvalue weighted by atomic mass is 35.5. The van der Waals surface area contributed by atoms with Gasteiger partial charge in [-0.05, 0) is 32.2 Å². The molecule has 5 nitrogen and oxygen atoms in total. The summed E-state index contributed by atoms with van der Waals surface area (Å²) in [5, 5.41) is 6.27. The van der Waals surface area contributed by atoms with Crippen molar-refractivity contribution in [1.82, 2.24) is 15.5 Å². The van der Waals surface area contributed by atoms with E-state index in [0.29, 0.717) is 12.8 Å². The van der Waals surface area contributed by atoms with Crippen molar-refractivity contribution in [3.05, 3.63) is 0 Å². The molecule has 6 heteroatoms. The number of amides is 2. The maximum Gasteiger partial charge on any atom is 0.223 e. The van der Waals surface area contributed by atoms with Crippen molar-refractivity contribution in [3.8, 4) is 0 Å².